The molecule has 6 nitrogen and oxygen atoms in total. The summed E-state index contributed by atoms with van der Waals surface area (Å²) in [4.78, 5) is 20.1. The van der Waals surface area contributed by atoms with Crippen molar-refractivity contribution in [1.82, 2.24) is 25.5 Å². The average molecular weight is 257 g/mol. The third-order valence-corrected chi connectivity index (χ3v) is 3.25. The van der Waals surface area contributed by atoms with E-state index in [2.05, 4.69) is 25.5 Å². The van der Waals surface area contributed by atoms with Gasteiger partial charge >= 0.3 is 0 Å². The van der Waals surface area contributed by atoms with Crippen LogP contribution in [0, 0.1) is 6.92 Å². The largest absolute Gasteiger partial charge is 0.345 e. The van der Waals surface area contributed by atoms with Gasteiger partial charge in [0.15, 0.2) is 0 Å². The molecule has 19 heavy (non-hydrogen) atoms. The van der Waals surface area contributed by atoms with E-state index < -0.39 is 0 Å². The summed E-state index contributed by atoms with van der Waals surface area (Å²) in [6, 6.07) is 1.89. The molecule has 1 aliphatic carbocycles. The van der Waals surface area contributed by atoms with Crippen molar-refractivity contribution >= 4 is 5.91 Å². The van der Waals surface area contributed by atoms with Crippen LogP contribution in [-0.4, -0.2) is 26.1 Å². The Morgan fingerprint density at radius 1 is 1.53 bits per heavy atom. The fourth-order valence-electron chi connectivity index (χ4n) is 1.87. The third-order valence-electron chi connectivity index (χ3n) is 3.25. The van der Waals surface area contributed by atoms with Gasteiger partial charge in [-0.3, -0.25) is 14.9 Å². The lowest BCUT2D eigenvalue weighted by atomic mass is 10.1. The van der Waals surface area contributed by atoms with Crippen molar-refractivity contribution in [3.05, 3.63) is 41.2 Å². The molecule has 0 radical (unpaired) electrons. The van der Waals surface area contributed by atoms with Crippen molar-refractivity contribution in [3.8, 4) is 0 Å². The van der Waals surface area contributed by atoms with Crippen LogP contribution in [0.1, 0.15) is 46.3 Å². The molecule has 1 amide bonds. The van der Waals surface area contributed by atoms with Gasteiger partial charge in [-0.1, -0.05) is 0 Å². The number of hydrogen-bond acceptors (Lipinski definition) is 4. The fraction of sp³-hybridized carbons (Fsp3) is 0.385. The smallest absolute Gasteiger partial charge is 0.291 e. The van der Waals surface area contributed by atoms with Gasteiger partial charge in [0.2, 0.25) is 5.82 Å². The summed E-state index contributed by atoms with van der Waals surface area (Å²) in [7, 11) is 0. The van der Waals surface area contributed by atoms with E-state index in [-0.39, 0.29) is 11.7 Å². The number of carbonyl (C=O) groups is 1. The van der Waals surface area contributed by atoms with Gasteiger partial charge in [0.25, 0.3) is 5.91 Å². The van der Waals surface area contributed by atoms with Crippen LogP contribution in [0.15, 0.2) is 18.5 Å². The Morgan fingerprint density at radius 3 is 3.11 bits per heavy atom. The lowest BCUT2D eigenvalue weighted by Gasteiger charge is -2.05. The van der Waals surface area contributed by atoms with Crippen LogP contribution < -0.4 is 5.32 Å². The van der Waals surface area contributed by atoms with Gasteiger partial charge in [0.1, 0.15) is 5.82 Å². The number of aromatic amines is 1. The van der Waals surface area contributed by atoms with Gasteiger partial charge in [0, 0.05) is 24.9 Å². The number of aryl methyl sites for hydroxylation is 1. The molecule has 1 aliphatic rings. The lowest BCUT2D eigenvalue weighted by molar-refractivity contribution is 0.0941. The normalized spacial score (nSPS) is 14.4. The SMILES string of the molecule is Cc1cnccc1CNC(=O)c1n[nH]c(C2CC2)n1. The second kappa shape index (κ2) is 4.79. The van der Waals surface area contributed by atoms with Crippen molar-refractivity contribution in [2.75, 3.05) is 0 Å². The maximum absolute atomic E-state index is 11.9. The predicted molar refractivity (Wildman–Crippen MR) is 68.5 cm³/mol. The highest BCUT2D eigenvalue weighted by molar-refractivity contribution is 5.90. The second-order valence-electron chi connectivity index (χ2n) is 4.80. The minimum Gasteiger partial charge on any atom is -0.345 e. The highest BCUT2D eigenvalue weighted by Gasteiger charge is 2.28. The topological polar surface area (TPSA) is 83.6 Å². The van der Waals surface area contributed by atoms with E-state index in [0.717, 1.165) is 29.8 Å². The molecule has 1 saturated carbocycles. The van der Waals surface area contributed by atoms with Crippen LogP contribution in [0.3, 0.4) is 0 Å². The van der Waals surface area contributed by atoms with E-state index in [1.54, 1.807) is 12.4 Å². The monoisotopic (exact) mass is 257 g/mol. The molecular formula is C13H15N5O. The quantitative estimate of drug-likeness (QED) is 0.865. The first-order valence-electron chi connectivity index (χ1n) is 6.34. The van der Waals surface area contributed by atoms with Crippen LogP contribution in [-0.2, 0) is 6.54 Å². The molecule has 0 spiro atoms. The maximum Gasteiger partial charge on any atom is 0.291 e. The molecular weight excluding hydrogens is 242 g/mol. The van der Waals surface area contributed by atoms with Gasteiger partial charge in [-0.15, -0.1) is 5.10 Å². The zero-order chi connectivity index (χ0) is 13.2. The van der Waals surface area contributed by atoms with E-state index in [1.807, 2.05) is 13.0 Å². The van der Waals surface area contributed by atoms with E-state index >= 15 is 0 Å². The Bertz CT molecular complexity index is 603. The zero-order valence-electron chi connectivity index (χ0n) is 10.7. The number of nitrogens with zero attached hydrogens (tertiary/aromatic N) is 3. The Kier molecular flexibility index (Phi) is 2.98. The van der Waals surface area contributed by atoms with Crippen LogP contribution in [0.5, 0.6) is 0 Å². The first-order valence-corrected chi connectivity index (χ1v) is 6.34. The molecule has 0 aliphatic heterocycles. The average Bonchev–Trinajstić information content (AvgIpc) is 3.15. The first kappa shape index (κ1) is 11.8. The van der Waals surface area contributed by atoms with Gasteiger partial charge in [-0.25, -0.2) is 4.98 Å². The Balaban J connectivity index is 1.63. The van der Waals surface area contributed by atoms with Gasteiger partial charge < -0.3 is 5.32 Å². The molecule has 0 saturated heterocycles. The number of amides is 1. The molecule has 2 aromatic heterocycles. The molecule has 2 heterocycles. The number of pyridine rings is 1. The predicted octanol–water partition coefficient (Wildman–Crippen LogP) is 1.32. The van der Waals surface area contributed by atoms with Gasteiger partial charge in [0.05, 0.1) is 0 Å². The number of aromatic nitrogens is 4. The molecule has 2 N–H and O–H groups in total. The Labute approximate surface area is 110 Å². The van der Waals surface area contributed by atoms with Gasteiger partial charge in [-0.2, -0.15) is 0 Å². The molecule has 3 rings (SSSR count). The standard InChI is InChI=1S/C13H15N5O/c1-8-6-14-5-4-10(8)7-15-13(19)12-16-11(17-18-12)9-2-3-9/h4-6,9H,2-3,7H2,1H3,(H,15,19)(H,16,17,18). The fourth-order valence-corrected chi connectivity index (χ4v) is 1.87. The lowest BCUT2D eigenvalue weighted by Crippen LogP contribution is -2.24. The van der Waals surface area contributed by atoms with Crippen molar-refractivity contribution < 1.29 is 4.79 Å². The van der Waals surface area contributed by atoms with Gasteiger partial charge in [-0.05, 0) is 37.0 Å². The highest BCUT2D eigenvalue weighted by Crippen LogP contribution is 2.37. The summed E-state index contributed by atoms with van der Waals surface area (Å²) >= 11 is 0. The van der Waals surface area contributed by atoms with Crippen molar-refractivity contribution in [2.24, 2.45) is 0 Å². The van der Waals surface area contributed by atoms with Crippen LogP contribution in [0.4, 0.5) is 0 Å². The summed E-state index contributed by atoms with van der Waals surface area (Å²) in [5.74, 6) is 1.26. The number of nitrogens with one attached hydrogen (secondary N) is 2. The summed E-state index contributed by atoms with van der Waals surface area (Å²) in [6.07, 6.45) is 5.75. The number of rotatable bonds is 4. The van der Waals surface area contributed by atoms with Crippen LogP contribution in [0.25, 0.3) is 0 Å². The van der Waals surface area contributed by atoms with Crippen LogP contribution >= 0.6 is 0 Å². The minimum atomic E-state index is -0.251. The van der Waals surface area contributed by atoms with Crippen LogP contribution in [0.2, 0.25) is 0 Å². The summed E-state index contributed by atoms with van der Waals surface area (Å²) in [6.45, 7) is 2.42. The van der Waals surface area contributed by atoms with E-state index in [1.165, 1.54) is 0 Å². The van der Waals surface area contributed by atoms with Crippen molar-refractivity contribution in [1.29, 1.82) is 0 Å². The maximum atomic E-state index is 11.9. The molecule has 98 valence electrons. The zero-order valence-corrected chi connectivity index (χ0v) is 10.7. The van der Waals surface area contributed by atoms with E-state index in [9.17, 15) is 4.79 Å². The first-order chi connectivity index (χ1) is 9.24. The minimum absolute atomic E-state index is 0.216. The Morgan fingerprint density at radius 2 is 2.37 bits per heavy atom. The molecule has 0 atom stereocenters. The Hall–Kier alpha value is -2.24. The summed E-state index contributed by atoms with van der Waals surface area (Å²) in [5.41, 5.74) is 2.10. The van der Waals surface area contributed by atoms with Crippen molar-refractivity contribution in [2.45, 2.75) is 32.2 Å². The molecule has 6 heteroatoms. The van der Waals surface area contributed by atoms with Crippen molar-refractivity contribution in [3.63, 3.8) is 0 Å². The molecule has 1 fully saturated rings. The number of hydrogen-bond donors (Lipinski definition) is 2. The second-order valence-corrected chi connectivity index (χ2v) is 4.80. The molecule has 0 unspecified atom stereocenters. The highest BCUT2D eigenvalue weighted by atomic mass is 16.2. The number of carbonyl (C=O) groups excluding carboxylic acids is 1. The van der Waals surface area contributed by atoms with E-state index in [4.69, 9.17) is 0 Å². The summed E-state index contributed by atoms with van der Waals surface area (Å²) in [5, 5.41) is 9.59. The molecule has 0 aromatic carbocycles. The summed E-state index contributed by atoms with van der Waals surface area (Å²) < 4.78 is 0. The molecule has 0 bridgehead atoms. The van der Waals surface area contributed by atoms with E-state index in [0.29, 0.717) is 12.5 Å². The third kappa shape index (κ3) is 2.62. The number of H-pyrrole nitrogens is 1. The molecule has 2 aromatic rings.